The molecule has 3 aliphatic rings. The molecule has 0 aliphatic carbocycles. The number of nitrogens with zero attached hydrogens (tertiary/aromatic N) is 4. The van der Waals surface area contributed by atoms with Gasteiger partial charge >= 0.3 is 6.03 Å². The first-order chi connectivity index (χ1) is 16.3. The van der Waals surface area contributed by atoms with Gasteiger partial charge in [-0.3, -0.25) is 19.9 Å². The van der Waals surface area contributed by atoms with E-state index in [2.05, 4.69) is 40.2 Å². The van der Waals surface area contributed by atoms with Crippen LogP contribution in [0.2, 0.25) is 0 Å². The zero-order valence-electron chi connectivity index (χ0n) is 20.5. The molecule has 3 fully saturated rings. The average molecular weight is 464 g/mol. The number of anilines is 1. The molecule has 3 amide bonds. The van der Waals surface area contributed by atoms with E-state index < -0.39 is 6.04 Å². The number of likely N-dealkylation sites (N-methyl/N-ethyl adjacent to an activating group) is 1. The molecule has 34 heavy (non-hydrogen) atoms. The van der Waals surface area contributed by atoms with Crippen molar-refractivity contribution in [3.8, 4) is 5.75 Å². The van der Waals surface area contributed by atoms with E-state index in [9.17, 15) is 9.59 Å². The van der Waals surface area contributed by atoms with Crippen LogP contribution in [0.3, 0.4) is 0 Å². The van der Waals surface area contributed by atoms with Crippen LogP contribution in [-0.4, -0.2) is 72.4 Å². The maximum absolute atomic E-state index is 13.8. The highest BCUT2D eigenvalue weighted by Crippen LogP contribution is 2.35. The Bertz CT molecular complexity index is 1120. The minimum absolute atomic E-state index is 0.135. The van der Waals surface area contributed by atoms with Crippen molar-refractivity contribution in [3.63, 3.8) is 0 Å². The second-order valence-electron chi connectivity index (χ2n) is 9.83. The number of imide groups is 1. The summed E-state index contributed by atoms with van der Waals surface area (Å²) in [5.74, 6) is 1.01. The minimum Gasteiger partial charge on any atom is -0.497 e. The van der Waals surface area contributed by atoms with E-state index in [1.54, 1.807) is 19.1 Å². The first-order valence-corrected chi connectivity index (χ1v) is 11.8. The summed E-state index contributed by atoms with van der Waals surface area (Å²) < 4.78 is 5.44. The van der Waals surface area contributed by atoms with E-state index in [4.69, 9.17) is 4.74 Å². The molecule has 0 saturated carbocycles. The number of hydrogen-bond donors (Lipinski definition) is 1. The second kappa shape index (κ2) is 8.60. The Morgan fingerprint density at radius 2 is 1.88 bits per heavy atom. The topological polar surface area (TPSA) is 68.4 Å². The molecule has 4 atom stereocenters. The van der Waals surface area contributed by atoms with E-state index >= 15 is 0 Å². The van der Waals surface area contributed by atoms with Crippen molar-refractivity contribution in [1.29, 1.82) is 0 Å². The normalized spacial score (nSPS) is 27.1. The number of aryl methyl sites for hydroxylation is 2. The Morgan fingerprint density at radius 1 is 1.09 bits per heavy atom. The van der Waals surface area contributed by atoms with Crippen molar-refractivity contribution >= 4 is 17.6 Å². The Hall–Kier alpha value is -3.10. The smallest absolute Gasteiger partial charge is 0.328 e. The predicted molar refractivity (Wildman–Crippen MR) is 130 cm³/mol. The fourth-order valence-corrected chi connectivity index (χ4v) is 5.49. The standard InChI is InChI=1S/C26H33N5O3/c1-16-9-10-18(3)19(11-16)15-31-24(32)22-23(28(4)26(31)33)27-25-29(13-17(2)14-30(22)25)20-7-6-8-21(12-20)34-5/h6-12,17,22-23,25,27H,13-15H2,1-5H3. The minimum atomic E-state index is -0.436. The molecular weight excluding hydrogens is 430 g/mol. The highest BCUT2D eigenvalue weighted by Gasteiger charge is 2.56. The van der Waals surface area contributed by atoms with Crippen molar-refractivity contribution in [2.75, 3.05) is 32.1 Å². The lowest BCUT2D eigenvalue weighted by atomic mass is 10.0. The molecule has 8 nitrogen and oxygen atoms in total. The zero-order chi connectivity index (χ0) is 24.1. The molecule has 3 heterocycles. The third kappa shape index (κ3) is 3.71. The number of ether oxygens (including phenoxy) is 1. The summed E-state index contributed by atoms with van der Waals surface area (Å²) in [4.78, 5) is 34.8. The monoisotopic (exact) mass is 463 g/mol. The largest absolute Gasteiger partial charge is 0.497 e. The number of urea groups is 1. The Kier molecular flexibility index (Phi) is 5.73. The first-order valence-electron chi connectivity index (χ1n) is 11.8. The average Bonchev–Trinajstić information content (AvgIpc) is 3.21. The Labute approximate surface area is 201 Å². The molecule has 3 aliphatic heterocycles. The SMILES string of the molecule is COc1cccc(N2CC(C)CN3C4C(=O)N(Cc5cc(C)ccc5C)C(=O)N(C)C4NC23)c1. The van der Waals surface area contributed by atoms with Gasteiger partial charge < -0.3 is 14.5 Å². The van der Waals surface area contributed by atoms with E-state index in [0.717, 1.165) is 41.2 Å². The van der Waals surface area contributed by atoms with Crippen LogP contribution in [0.4, 0.5) is 10.5 Å². The van der Waals surface area contributed by atoms with E-state index in [-0.39, 0.29) is 30.9 Å². The maximum atomic E-state index is 13.8. The molecule has 8 heteroatoms. The summed E-state index contributed by atoms with van der Waals surface area (Å²) >= 11 is 0. The van der Waals surface area contributed by atoms with Gasteiger partial charge in [-0.1, -0.05) is 36.8 Å². The molecule has 180 valence electrons. The number of nitrogens with one attached hydrogen (secondary N) is 1. The van der Waals surface area contributed by atoms with Gasteiger partial charge in [-0.15, -0.1) is 0 Å². The number of hydrogen-bond acceptors (Lipinski definition) is 6. The van der Waals surface area contributed by atoms with E-state index in [1.807, 2.05) is 38.1 Å². The number of amides is 3. The molecule has 2 aromatic carbocycles. The molecule has 0 spiro atoms. The Balaban J connectivity index is 1.47. The number of carbonyl (C=O) groups is 2. The summed E-state index contributed by atoms with van der Waals surface area (Å²) in [7, 11) is 3.45. The number of benzene rings is 2. The summed E-state index contributed by atoms with van der Waals surface area (Å²) in [6.45, 7) is 8.16. The summed E-state index contributed by atoms with van der Waals surface area (Å²) in [5, 5.41) is 3.59. The fourth-order valence-electron chi connectivity index (χ4n) is 5.49. The van der Waals surface area contributed by atoms with Crippen LogP contribution < -0.4 is 15.0 Å². The summed E-state index contributed by atoms with van der Waals surface area (Å²) in [5.41, 5.74) is 4.22. The van der Waals surface area contributed by atoms with Gasteiger partial charge in [0.2, 0.25) is 0 Å². The van der Waals surface area contributed by atoms with Gasteiger partial charge in [0.05, 0.1) is 13.7 Å². The summed E-state index contributed by atoms with van der Waals surface area (Å²) in [6.07, 6.45) is -0.559. The van der Waals surface area contributed by atoms with Gasteiger partial charge in [0, 0.05) is 31.9 Å². The molecule has 4 unspecified atom stereocenters. The van der Waals surface area contributed by atoms with Gasteiger partial charge in [0.25, 0.3) is 5.91 Å². The molecule has 2 aromatic rings. The van der Waals surface area contributed by atoms with Gasteiger partial charge in [-0.25, -0.2) is 4.79 Å². The molecule has 0 bridgehead atoms. The van der Waals surface area contributed by atoms with Crippen LogP contribution >= 0.6 is 0 Å². The molecule has 0 aromatic heterocycles. The van der Waals surface area contributed by atoms with Gasteiger partial charge in [0.15, 0.2) is 0 Å². The van der Waals surface area contributed by atoms with Gasteiger partial charge in [0.1, 0.15) is 24.2 Å². The van der Waals surface area contributed by atoms with Crippen LogP contribution in [-0.2, 0) is 11.3 Å². The van der Waals surface area contributed by atoms with Crippen LogP contribution in [0.25, 0.3) is 0 Å². The lowest BCUT2D eigenvalue weighted by Gasteiger charge is -2.46. The van der Waals surface area contributed by atoms with Gasteiger partial charge in [-0.05, 0) is 43.0 Å². The third-order valence-corrected chi connectivity index (χ3v) is 7.30. The van der Waals surface area contributed by atoms with Crippen LogP contribution in [0, 0.1) is 19.8 Å². The molecule has 3 saturated heterocycles. The highest BCUT2D eigenvalue weighted by atomic mass is 16.5. The summed E-state index contributed by atoms with van der Waals surface area (Å²) in [6, 6.07) is 13.4. The lowest BCUT2D eigenvalue weighted by molar-refractivity contribution is -0.139. The number of carbonyl (C=O) groups excluding carboxylic acids is 2. The quantitative estimate of drug-likeness (QED) is 0.752. The van der Waals surface area contributed by atoms with Crippen molar-refractivity contribution in [2.24, 2.45) is 5.92 Å². The maximum Gasteiger partial charge on any atom is 0.328 e. The van der Waals surface area contributed by atoms with Crippen molar-refractivity contribution in [3.05, 3.63) is 59.2 Å². The third-order valence-electron chi connectivity index (χ3n) is 7.30. The van der Waals surface area contributed by atoms with Crippen molar-refractivity contribution in [2.45, 2.75) is 45.8 Å². The van der Waals surface area contributed by atoms with Crippen LogP contribution in [0.1, 0.15) is 23.6 Å². The van der Waals surface area contributed by atoms with Crippen LogP contribution in [0.15, 0.2) is 42.5 Å². The first kappa shape index (κ1) is 22.7. The van der Waals surface area contributed by atoms with Crippen molar-refractivity contribution < 1.29 is 14.3 Å². The second-order valence-corrected chi connectivity index (χ2v) is 9.83. The predicted octanol–water partition coefficient (Wildman–Crippen LogP) is 2.75. The van der Waals surface area contributed by atoms with Crippen LogP contribution in [0.5, 0.6) is 5.75 Å². The molecule has 0 radical (unpaired) electrons. The molecule has 1 N–H and O–H groups in total. The number of methoxy groups -OCH3 is 1. The molecular formula is C26H33N5O3. The molecule has 5 rings (SSSR count). The van der Waals surface area contributed by atoms with E-state index in [1.165, 1.54) is 4.90 Å². The Morgan fingerprint density at radius 3 is 2.65 bits per heavy atom. The number of fused-ring (bicyclic) bond motifs is 3. The fraction of sp³-hybridized carbons (Fsp3) is 0.462. The van der Waals surface area contributed by atoms with Gasteiger partial charge in [-0.2, -0.15) is 0 Å². The van der Waals surface area contributed by atoms with E-state index in [0.29, 0.717) is 5.92 Å². The zero-order valence-corrected chi connectivity index (χ0v) is 20.5. The highest BCUT2D eigenvalue weighted by molar-refractivity contribution is 6.00. The van der Waals surface area contributed by atoms with Crippen molar-refractivity contribution in [1.82, 2.24) is 20.0 Å². The lowest BCUT2D eigenvalue weighted by Crippen LogP contribution is -2.66. The number of rotatable bonds is 4.